The van der Waals surface area contributed by atoms with Gasteiger partial charge in [0.2, 0.25) is 0 Å². The van der Waals surface area contributed by atoms with E-state index in [9.17, 15) is 8.42 Å². The quantitative estimate of drug-likeness (QED) is 0.776. The van der Waals surface area contributed by atoms with Crippen molar-refractivity contribution in [1.82, 2.24) is 23.6 Å². The van der Waals surface area contributed by atoms with Gasteiger partial charge in [0.05, 0.1) is 11.7 Å². The third kappa shape index (κ3) is 3.96. The molecule has 0 aromatic carbocycles. The second kappa shape index (κ2) is 7.47. The topological polar surface area (TPSA) is 97.3 Å². The van der Waals surface area contributed by atoms with Gasteiger partial charge in [-0.1, -0.05) is 19.1 Å². The van der Waals surface area contributed by atoms with Crippen molar-refractivity contribution >= 4 is 10.2 Å². The first-order valence-corrected chi connectivity index (χ1v) is 9.99. The summed E-state index contributed by atoms with van der Waals surface area (Å²) in [4.78, 5) is 0. The SMILES string of the molecule is CCC(N)(CC)c1cn(C[C@H]2CCCN(S(=O)(=O)N(C)C)C2)nn1. The molecule has 8 nitrogen and oxygen atoms in total. The molecule has 1 aromatic heterocycles. The number of aromatic nitrogens is 3. The highest BCUT2D eigenvalue weighted by Crippen LogP contribution is 2.25. The number of hydrogen-bond donors (Lipinski definition) is 1. The fraction of sp³-hybridized carbons (Fsp3) is 0.867. The van der Waals surface area contributed by atoms with Crippen LogP contribution < -0.4 is 5.73 Å². The molecule has 1 aliphatic heterocycles. The Morgan fingerprint density at radius 3 is 2.62 bits per heavy atom. The molecule has 0 saturated carbocycles. The molecule has 2 N–H and O–H groups in total. The second-order valence-electron chi connectivity index (χ2n) is 6.85. The number of piperidine rings is 1. The van der Waals surface area contributed by atoms with Crippen LogP contribution in [0.25, 0.3) is 0 Å². The molecule has 2 rings (SSSR count). The molecule has 1 aromatic rings. The van der Waals surface area contributed by atoms with Crippen molar-refractivity contribution in [3.63, 3.8) is 0 Å². The van der Waals surface area contributed by atoms with E-state index in [1.54, 1.807) is 23.1 Å². The Hall–Kier alpha value is -1.03. The Balaban J connectivity index is 2.05. The van der Waals surface area contributed by atoms with Crippen LogP contribution >= 0.6 is 0 Å². The fourth-order valence-electron chi connectivity index (χ4n) is 3.11. The van der Waals surface area contributed by atoms with Crippen molar-refractivity contribution in [2.75, 3.05) is 27.2 Å². The smallest absolute Gasteiger partial charge is 0.281 e. The van der Waals surface area contributed by atoms with Gasteiger partial charge >= 0.3 is 0 Å². The molecular weight excluding hydrogens is 328 g/mol. The van der Waals surface area contributed by atoms with E-state index in [2.05, 4.69) is 10.3 Å². The average molecular weight is 359 g/mol. The molecule has 0 unspecified atom stereocenters. The first-order valence-electron chi connectivity index (χ1n) is 8.60. The average Bonchev–Trinajstić information content (AvgIpc) is 3.03. The maximum atomic E-state index is 12.3. The van der Waals surface area contributed by atoms with E-state index in [1.165, 1.54) is 4.31 Å². The monoisotopic (exact) mass is 358 g/mol. The third-order valence-electron chi connectivity index (χ3n) is 5.03. The number of nitrogens with two attached hydrogens (primary N) is 1. The van der Waals surface area contributed by atoms with E-state index in [4.69, 9.17) is 5.73 Å². The van der Waals surface area contributed by atoms with Crippen LogP contribution in [0.4, 0.5) is 0 Å². The minimum Gasteiger partial charge on any atom is -0.320 e. The van der Waals surface area contributed by atoms with E-state index in [0.717, 1.165) is 31.4 Å². The van der Waals surface area contributed by atoms with E-state index in [1.807, 2.05) is 20.0 Å². The van der Waals surface area contributed by atoms with E-state index in [-0.39, 0.29) is 5.92 Å². The summed E-state index contributed by atoms with van der Waals surface area (Å²) in [6, 6.07) is 0. The maximum Gasteiger partial charge on any atom is 0.281 e. The zero-order valence-corrected chi connectivity index (χ0v) is 16.0. The minimum absolute atomic E-state index is 0.235. The van der Waals surface area contributed by atoms with Gasteiger partial charge in [-0.2, -0.15) is 17.0 Å². The van der Waals surface area contributed by atoms with Gasteiger partial charge in [0.15, 0.2) is 0 Å². The van der Waals surface area contributed by atoms with Crippen LogP contribution in [-0.4, -0.2) is 59.2 Å². The van der Waals surface area contributed by atoms with Gasteiger partial charge in [-0.3, -0.25) is 4.68 Å². The van der Waals surface area contributed by atoms with Crippen molar-refractivity contribution in [2.24, 2.45) is 11.7 Å². The van der Waals surface area contributed by atoms with Gasteiger partial charge in [-0.05, 0) is 31.6 Å². The van der Waals surface area contributed by atoms with Gasteiger partial charge in [0.25, 0.3) is 10.2 Å². The molecule has 0 amide bonds. The van der Waals surface area contributed by atoms with E-state index < -0.39 is 15.7 Å². The van der Waals surface area contributed by atoms with E-state index >= 15 is 0 Å². The van der Waals surface area contributed by atoms with Crippen LogP contribution in [0.5, 0.6) is 0 Å². The lowest BCUT2D eigenvalue weighted by Crippen LogP contribution is -2.46. The molecule has 0 spiro atoms. The van der Waals surface area contributed by atoms with Crippen molar-refractivity contribution in [3.8, 4) is 0 Å². The molecule has 9 heteroatoms. The molecule has 2 heterocycles. The molecule has 1 aliphatic rings. The molecule has 1 fully saturated rings. The van der Waals surface area contributed by atoms with Crippen LogP contribution in [0.15, 0.2) is 6.20 Å². The summed E-state index contributed by atoms with van der Waals surface area (Å²) in [5, 5.41) is 8.44. The van der Waals surface area contributed by atoms with E-state index in [0.29, 0.717) is 19.6 Å². The predicted octanol–water partition coefficient (Wildman–Crippen LogP) is 0.771. The first-order chi connectivity index (χ1) is 11.2. The Labute approximate surface area is 145 Å². The lowest BCUT2D eigenvalue weighted by molar-refractivity contribution is 0.230. The summed E-state index contributed by atoms with van der Waals surface area (Å²) in [6.07, 6.45) is 5.38. The van der Waals surface area contributed by atoms with Gasteiger partial charge in [-0.15, -0.1) is 5.10 Å². The predicted molar refractivity (Wildman–Crippen MR) is 93.4 cm³/mol. The number of nitrogens with zero attached hydrogens (tertiary/aromatic N) is 5. The van der Waals surface area contributed by atoms with Gasteiger partial charge < -0.3 is 5.73 Å². The fourth-order valence-corrected chi connectivity index (χ4v) is 4.33. The molecular formula is C15H30N6O2S. The van der Waals surface area contributed by atoms with Gasteiger partial charge in [0.1, 0.15) is 5.69 Å². The summed E-state index contributed by atoms with van der Waals surface area (Å²) in [5.74, 6) is 0.235. The lowest BCUT2D eigenvalue weighted by atomic mass is 9.91. The summed E-state index contributed by atoms with van der Waals surface area (Å²) in [7, 11) is -0.213. The molecule has 138 valence electrons. The van der Waals surface area contributed by atoms with Crippen molar-refractivity contribution < 1.29 is 8.42 Å². The lowest BCUT2D eigenvalue weighted by Gasteiger charge is -2.33. The second-order valence-corrected chi connectivity index (χ2v) is 8.99. The standard InChI is InChI=1S/C15H30N6O2S/c1-5-15(16,6-2)14-12-20(18-17-14)10-13-8-7-9-21(11-13)24(22,23)19(3)4/h12-13H,5-11,16H2,1-4H3/t13-/m1/s1. The molecule has 1 saturated heterocycles. The van der Waals surface area contributed by atoms with Crippen molar-refractivity contribution in [3.05, 3.63) is 11.9 Å². The minimum atomic E-state index is -3.35. The highest BCUT2D eigenvalue weighted by molar-refractivity contribution is 7.86. The Morgan fingerprint density at radius 2 is 2.04 bits per heavy atom. The maximum absolute atomic E-state index is 12.3. The number of hydrogen-bond acceptors (Lipinski definition) is 5. The summed E-state index contributed by atoms with van der Waals surface area (Å²) >= 11 is 0. The normalized spacial score (nSPS) is 20.7. The Kier molecular flexibility index (Phi) is 6.00. The largest absolute Gasteiger partial charge is 0.320 e. The molecule has 1 atom stereocenters. The van der Waals surface area contributed by atoms with Gasteiger partial charge in [-0.25, -0.2) is 0 Å². The Morgan fingerprint density at radius 1 is 1.38 bits per heavy atom. The molecule has 0 aliphatic carbocycles. The number of rotatable bonds is 7. The zero-order valence-electron chi connectivity index (χ0n) is 15.1. The van der Waals surface area contributed by atoms with Gasteiger partial charge in [0, 0.05) is 33.7 Å². The van der Waals surface area contributed by atoms with Crippen LogP contribution in [0.1, 0.15) is 45.2 Å². The zero-order chi connectivity index (χ0) is 18.0. The molecule has 24 heavy (non-hydrogen) atoms. The summed E-state index contributed by atoms with van der Waals surface area (Å²) in [6.45, 7) is 5.86. The highest BCUT2D eigenvalue weighted by Gasteiger charge is 2.31. The van der Waals surface area contributed by atoms with Crippen molar-refractivity contribution in [2.45, 2.75) is 51.6 Å². The molecule has 0 bridgehead atoms. The van der Waals surface area contributed by atoms with Crippen LogP contribution in [0, 0.1) is 5.92 Å². The summed E-state index contributed by atoms with van der Waals surface area (Å²) < 4.78 is 29.2. The van der Waals surface area contributed by atoms with Crippen LogP contribution in [-0.2, 0) is 22.3 Å². The Bertz CT molecular complexity index is 638. The van der Waals surface area contributed by atoms with Crippen molar-refractivity contribution in [1.29, 1.82) is 0 Å². The van der Waals surface area contributed by atoms with Crippen LogP contribution in [0.3, 0.4) is 0 Å². The first kappa shape index (κ1) is 19.3. The highest BCUT2D eigenvalue weighted by atomic mass is 32.2. The molecule has 0 radical (unpaired) electrons. The van der Waals surface area contributed by atoms with Crippen LogP contribution in [0.2, 0.25) is 0 Å². The third-order valence-corrected chi connectivity index (χ3v) is 6.93. The summed E-state index contributed by atoms with van der Waals surface area (Å²) in [5.41, 5.74) is 6.74.